The fraction of sp³-hybridized carbons (Fsp3) is 0.125. The van der Waals surface area contributed by atoms with Gasteiger partial charge in [-0.2, -0.15) is 0 Å². The van der Waals surface area contributed by atoms with Crippen molar-refractivity contribution < 1.29 is 14.6 Å². The second-order valence-electron chi connectivity index (χ2n) is 2.11. The summed E-state index contributed by atoms with van der Waals surface area (Å²) in [6.07, 6.45) is -1.33. The standard InChI is InChI=1S/C8H7ClO3/c9-5-6-3-1-2-4-7(6)12-8(10)11/h1-4H,5H2,(H,10,11). The van der Waals surface area contributed by atoms with Crippen molar-refractivity contribution in [1.82, 2.24) is 0 Å². The monoisotopic (exact) mass is 186 g/mol. The van der Waals surface area contributed by atoms with Crippen molar-refractivity contribution in [2.75, 3.05) is 0 Å². The maximum absolute atomic E-state index is 10.2. The van der Waals surface area contributed by atoms with E-state index in [0.717, 1.165) is 0 Å². The van der Waals surface area contributed by atoms with E-state index in [1.165, 1.54) is 0 Å². The SMILES string of the molecule is O=C(O)Oc1ccccc1CCl. The molecule has 0 unspecified atom stereocenters. The lowest BCUT2D eigenvalue weighted by Gasteiger charge is -2.03. The zero-order valence-electron chi connectivity index (χ0n) is 6.16. The topological polar surface area (TPSA) is 46.5 Å². The highest BCUT2D eigenvalue weighted by molar-refractivity contribution is 6.17. The minimum Gasteiger partial charge on any atom is -0.449 e. The van der Waals surface area contributed by atoms with Crippen LogP contribution >= 0.6 is 11.6 Å². The fourth-order valence-electron chi connectivity index (χ4n) is 0.808. The van der Waals surface area contributed by atoms with Crippen LogP contribution in [0.15, 0.2) is 24.3 Å². The third-order valence-corrected chi connectivity index (χ3v) is 1.60. The van der Waals surface area contributed by atoms with Crippen LogP contribution < -0.4 is 4.74 Å². The number of hydrogen-bond acceptors (Lipinski definition) is 2. The highest BCUT2D eigenvalue weighted by Crippen LogP contribution is 2.19. The summed E-state index contributed by atoms with van der Waals surface area (Å²) in [4.78, 5) is 10.2. The van der Waals surface area contributed by atoms with Crippen molar-refractivity contribution in [3.8, 4) is 5.75 Å². The van der Waals surface area contributed by atoms with Gasteiger partial charge in [-0.1, -0.05) is 18.2 Å². The quantitative estimate of drug-likeness (QED) is 0.439. The summed E-state index contributed by atoms with van der Waals surface area (Å²) >= 11 is 5.54. The molecule has 3 nitrogen and oxygen atoms in total. The van der Waals surface area contributed by atoms with Gasteiger partial charge in [0.15, 0.2) is 0 Å². The van der Waals surface area contributed by atoms with E-state index in [4.69, 9.17) is 16.7 Å². The Morgan fingerprint density at radius 2 is 2.17 bits per heavy atom. The lowest BCUT2D eigenvalue weighted by Crippen LogP contribution is -2.04. The van der Waals surface area contributed by atoms with Gasteiger partial charge in [0.25, 0.3) is 0 Å². The summed E-state index contributed by atoms with van der Waals surface area (Å²) in [7, 11) is 0. The number of hydrogen-bond donors (Lipinski definition) is 1. The third kappa shape index (κ3) is 2.13. The molecule has 1 aromatic carbocycles. The molecule has 1 aromatic rings. The van der Waals surface area contributed by atoms with Gasteiger partial charge in [-0.25, -0.2) is 4.79 Å². The molecule has 0 bridgehead atoms. The summed E-state index contributed by atoms with van der Waals surface area (Å²) in [6.45, 7) is 0. The Morgan fingerprint density at radius 1 is 1.50 bits per heavy atom. The van der Waals surface area contributed by atoms with Gasteiger partial charge in [-0.15, -0.1) is 11.6 Å². The molecular weight excluding hydrogens is 180 g/mol. The fourth-order valence-corrected chi connectivity index (χ4v) is 1.03. The van der Waals surface area contributed by atoms with Crippen LogP contribution in [0.25, 0.3) is 0 Å². The summed E-state index contributed by atoms with van der Waals surface area (Å²) < 4.78 is 4.47. The molecule has 0 heterocycles. The molecule has 0 saturated heterocycles. The van der Waals surface area contributed by atoms with Crippen molar-refractivity contribution in [1.29, 1.82) is 0 Å². The molecule has 1 rings (SSSR count). The molecule has 0 radical (unpaired) electrons. The van der Waals surface area contributed by atoms with Gasteiger partial charge in [0.1, 0.15) is 5.75 Å². The molecule has 0 aliphatic rings. The van der Waals surface area contributed by atoms with Gasteiger partial charge in [0, 0.05) is 5.56 Å². The number of rotatable bonds is 2. The second kappa shape index (κ2) is 3.97. The first-order valence-electron chi connectivity index (χ1n) is 3.28. The number of para-hydroxylation sites is 1. The first-order valence-corrected chi connectivity index (χ1v) is 3.82. The molecule has 12 heavy (non-hydrogen) atoms. The van der Waals surface area contributed by atoms with Crippen LogP contribution in [0.1, 0.15) is 5.56 Å². The van der Waals surface area contributed by atoms with Gasteiger partial charge in [-0.05, 0) is 6.07 Å². The van der Waals surface area contributed by atoms with E-state index in [-0.39, 0.29) is 5.88 Å². The van der Waals surface area contributed by atoms with Crippen LogP contribution in [-0.4, -0.2) is 11.3 Å². The Kier molecular flexibility index (Phi) is 2.94. The molecule has 0 atom stereocenters. The van der Waals surface area contributed by atoms with Gasteiger partial charge >= 0.3 is 6.16 Å². The average molecular weight is 187 g/mol. The number of alkyl halides is 1. The number of benzene rings is 1. The predicted molar refractivity (Wildman–Crippen MR) is 44.7 cm³/mol. The molecule has 4 heteroatoms. The first kappa shape index (κ1) is 8.87. The summed E-state index contributed by atoms with van der Waals surface area (Å²) in [6, 6.07) is 6.73. The Balaban J connectivity index is 2.89. The lowest BCUT2D eigenvalue weighted by atomic mass is 10.2. The van der Waals surface area contributed by atoms with Gasteiger partial charge in [0.05, 0.1) is 5.88 Å². The smallest absolute Gasteiger partial charge is 0.449 e. The van der Waals surface area contributed by atoms with Crippen LogP contribution in [-0.2, 0) is 5.88 Å². The first-order chi connectivity index (χ1) is 5.74. The average Bonchev–Trinajstić information content (AvgIpc) is 2.04. The van der Waals surface area contributed by atoms with E-state index in [2.05, 4.69) is 4.74 Å². The zero-order valence-corrected chi connectivity index (χ0v) is 6.91. The van der Waals surface area contributed by atoms with E-state index in [9.17, 15) is 4.79 Å². The van der Waals surface area contributed by atoms with Crippen LogP contribution in [0.2, 0.25) is 0 Å². The van der Waals surface area contributed by atoms with Crippen LogP contribution in [0.4, 0.5) is 4.79 Å². The second-order valence-corrected chi connectivity index (χ2v) is 2.38. The molecule has 0 saturated carbocycles. The molecule has 0 amide bonds. The van der Waals surface area contributed by atoms with E-state index in [1.807, 2.05) is 0 Å². The molecule has 1 N–H and O–H groups in total. The highest BCUT2D eigenvalue weighted by Gasteiger charge is 2.04. The van der Waals surface area contributed by atoms with Crippen LogP contribution in [0, 0.1) is 0 Å². The Morgan fingerprint density at radius 3 is 2.75 bits per heavy atom. The maximum Gasteiger partial charge on any atom is 0.511 e. The lowest BCUT2D eigenvalue weighted by molar-refractivity contribution is 0.144. The van der Waals surface area contributed by atoms with E-state index < -0.39 is 6.16 Å². The van der Waals surface area contributed by atoms with Crippen molar-refractivity contribution in [3.63, 3.8) is 0 Å². The van der Waals surface area contributed by atoms with Gasteiger partial charge < -0.3 is 9.84 Å². The van der Waals surface area contributed by atoms with Crippen molar-refractivity contribution in [3.05, 3.63) is 29.8 Å². The number of halogens is 1. The number of carbonyl (C=O) groups is 1. The summed E-state index contributed by atoms with van der Waals surface area (Å²) in [5.74, 6) is 0.531. The Labute approximate surface area is 74.5 Å². The molecule has 0 fully saturated rings. The van der Waals surface area contributed by atoms with Crippen molar-refractivity contribution in [2.45, 2.75) is 5.88 Å². The minimum absolute atomic E-state index is 0.240. The summed E-state index contributed by atoms with van der Waals surface area (Å²) in [5, 5.41) is 8.32. The highest BCUT2D eigenvalue weighted by atomic mass is 35.5. The normalized spacial score (nSPS) is 9.42. The van der Waals surface area contributed by atoms with E-state index in [0.29, 0.717) is 11.3 Å². The Hall–Kier alpha value is -1.22. The molecule has 0 aliphatic carbocycles. The molecule has 0 spiro atoms. The van der Waals surface area contributed by atoms with Crippen LogP contribution in [0.3, 0.4) is 0 Å². The molecule has 0 aliphatic heterocycles. The van der Waals surface area contributed by atoms with E-state index in [1.54, 1.807) is 24.3 Å². The number of carboxylic acid groups (broad SMARTS) is 1. The summed E-state index contributed by atoms with van der Waals surface area (Å²) in [5.41, 5.74) is 0.668. The van der Waals surface area contributed by atoms with Gasteiger partial charge in [0.2, 0.25) is 0 Å². The van der Waals surface area contributed by atoms with Crippen molar-refractivity contribution in [2.24, 2.45) is 0 Å². The maximum atomic E-state index is 10.2. The predicted octanol–water partition coefficient (Wildman–Crippen LogP) is 2.48. The van der Waals surface area contributed by atoms with Crippen molar-refractivity contribution >= 4 is 17.8 Å². The molecule has 64 valence electrons. The van der Waals surface area contributed by atoms with E-state index >= 15 is 0 Å². The molecular formula is C8H7ClO3. The van der Waals surface area contributed by atoms with Crippen LogP contribution in [0.5, 0.6) is 5.75 Å². The zero-order chi connectivity index (χ0) is 8.97. The largest absolute Gasteiger partial charge is 0.511 e. The minimum atomic E-state index is -1.33. The Bertz CT molecular complexity index is 285. The third-order valence-electron chi connectivity index (χ3n) is 1.31. The number of ether oxygens (including phenoxy) is 1. The molecule has 0 aromatic heterocycles. The van der Waals surface area contributed by atoms with Gasteiger partial charge in [-0.3, -0.25) is 0 Å².